The number of carbonyl (C=O) groups excluding carboxylic acids is 1. The zero-order valence-electron chi connectivity index (χ0n) is 19.2. The Morgan fingerprint density at radius 3 is 2.48 bits per heavy atom. The van der Waals surface area contributed by atoms with Crippen LogP contribution >= 0.6 is 0 Å². The maximum Gasteiger partial charge on any atom is 0.220 e. The van der Waals surface area contributed by atoms with Crippen molar-refractivity contribution in [3.05, 3.63) is 84.4 Å². The van der Waals surface area contributed by atoms with E-state index in [-0.39, 0.29) is 11.9 Å². The van der Waals surface area contributed by atoms with Gasteiger partial charge in [0.15, 0.2) is 11.7 Å². The zero-order chi connectivity index (χ0) is 23.2. The summed E-state index contributed by atoms with van der Waals surface area (Å²) < 4.78 is 7.57. The number of benzene rings is 2. The molecule has 0 saturated carbocycles. The summed E-state index contributed by atoms with van der Waals surface area (Å²) in [6, 6.07) is 16.1. The second-order valence-corrected chi connectivity index (χ2v) is 8.63. The maximum absolute atomic E-state index is 12.5. The molecular formula is C26H29N5O2. The fraction of sp³-hybridized carbons (Fsp3) is 0.308. The van der Waals surface area contributed by atoms with Crippen LogP contribution in [-0.2, 0) is 17.6 Å². The minimum absolute atomic E-state index is 0.0411. The summed E-state index contributed by atoms with van der Waals surface area (Å²) in [4.78, 5) is 20.8. The van der Waals surface area contributed by atoms with E-state index < -0.39 is 0 Å². The number of hydrogen-bond acceptors (Lipinski definition) is 5. The van der Waals surface area contributed by atoms with Crippen molar-refractivity contribution >= 4 is 5.91 Å². The molecule has 2 aromatic heterocycles. The first-order chi connectivity index (χ1) is 16.0. The molecule has 2 heterocycles. The van der Waals surface area contributed by atoms with Crippen LogP contribution in [0.5, 0.6) is 0 Å². The summed E-state index contributed by atoms with van der Waals surface area (Å²) >= 11 is 0. The van der Waals surface area contributed by atoms with Crippen LogP contribution in [-0.4, -0.2) is 25.7 Å². The Kier molecular flexibility index (Phi) is 6.98. The molecule has 0 aliphatic heterocycles. The standard InChI is InChI=1S/C26H29N5O2/c1-18(2)14-20-4-6-22(7-5-20)24-15-28-26(33-24)13-12-25(32)30-19(3)21-8-10-23(11-9-21)31-17-27-16-29-31/h4-11,15-19H,12-14H2,1-3H3,(H,30,32). The number of oxazole rings is 1. The van der Waals surface area contributed by atoms with Gasteiger partial charge in [-0.2, -0.15) is 5.10 Å². The number of amides is 1. The Hall–Kier alpha value is -3.74. The molecule has 0 fully saturated rings. The molecule has 7 heteroatoms. The second kappa shape index (κ2) is 10.3. The van der Waals surface area contributed by atoms with Crippen molar-refractivity contribution in [1.29, 1.82) is 0 Å². The molecule has 0 saturated heterocycles. The summed E-state index contributed by atoms with van der Waals surface area (Å²) in [5.41, 5.74) is 4.25. The maximum atomic E-state index is 12.5. The number of rotatable bonds is 9. The molecule has 7 nitrogen and oxygen atoms in total. The summed E-state index contributed by atoms with van der Waals surface area (Å²) in [5, 5.41) is 7.16. The van der Waals surface area contributed by atoms with E-state index in [1.54, 1.807) is 17.2 Å². The Labute approximate surface area is 193 Å². The molecule has 1 atom stereocenters. The van der Waals surface area contributed by atoms with Gasteiger partial charge in [-0.25, -0.2) is 14.6 Å². The molecule has 1 N–H and O–H groups in total. The Balaban J connectivity index is 1.28. The number of hydrogen-bond donors (Lipinski definition) is 1. The lowest BCUT2D eigenvalue weighted by molar-refractivity contribution is -0.121. The lowest BCUT2D eigenvalue weighted by Crippen LogP contribution is -2.26. The van der Waals surface area contributed by atoms with Gasteiger partial charge in [0.2, 0.25) is 5.91 Å². The molecule has 0 radical (unpaired) electrons. The number of nitrogens with one attached hydrogen (secondary N) is 1. The van der Waals surface area contributed by atoms with Gasteiger partial charge in [-0.3, -0.25) is 4.79 Å². The van der Waals surface area contributed by atoms with Gasteiger partial charge in [0.25, 0.3) is 0 Å². The van der Waals surface area contributed by atoms with E-state index in [2.05, 4.69) is 58.5 Å². The van der Waals surface area contributed by atoms with Crippen LogP contribution in [0.4, 0.5) is 0 Å². The number of nitrogens with zero attached hydrogens (tertiary/aromatic N) is 4. The zero-order valence-corrected chi connectivity index (χ0v) is 19.2. The lowest BCUT2D eigenvalue weighted by Gasteiger charge is -2.14. The predicted octanol–water partition coefficient (Wildman–Crippen LogP) is 4.93. The van der Waals surface area contributed by atoms with Crippen molar-refractivity contribution in [3.8, 4) is 17.0 Å². The first kappa shape index (κ1) is 22.5. The SMILES string of the molecule is CC(C)Cc1ccc(-c2cnc(CCC(=O)NC(C)c3ccc(-n4cncn4)cc3)o2)cc1. The Morgan fingerprint density at radius 2 is 1.82 bits per heavy atom. The number of aryl methyl sites for hydroxylation is 1. The molecule has 0 bridgehead atoms. The van der Waals surface area contributed by atoms with Gasteiger partial charge in [-0.05, 0) is 42.5 Å². The molecular weight excluding hydrogens is 414 g/mol. The molecule has 4 aromatic rings. The van der Waals surface area contributed by atoms with Gasteiger partial charge in [0.05, 0.1) is 17.9 Å². The van der Waals surface area contributed by atoms with Gasteiger partial charge in [0, 0.05) is 18.4 Å². The van der Waals surface area contributed by atoms with Crippen LogP contribution < -0.4 is 5.32 Å². The third kappa shape index (κ3) is 5.94. The molecule has 2 aromatic carbocycles. The van der Waals surface area contributed by atoms with Crippen molar-refractivity contribution < 1.29 is 9.21 Å². The summed E-state index contributed by atoms with van der Waals surface area (Å²) in [6.07, 6.45) is 6.70. The van der Waals surface area contributed by atoms with Gasteiger partial charge < -0.3 is 9.73 Å². The average Bonchev–Trinajstić information content (AvgIpc) is 3.50. The minimum atomic E-state index is -0.105. The highest BCUT2D eigenvalue weighted by atomic mass is 16.4. The molecule has 1 unspecified atom stereocenters. The normalized spacial score (nSPS) is 12.1. The van der Waals surface area contributed by atoms with Gasteiger partial charge in [-0.1, -0.05) is 50.2 Å². The second-order valence-electron chi connectivity index (χ2n) is 8.63. The monoisotopic (exact) mass is 443 g/mol. The van der Waals surface area contributed by atoms with E-state index >= 15 is 0 Å². The van der Waals surface area contributed by atoms with Crippen LogP contribution in [0.1, 0.15) is 50.3 Å². The molecule has 0 aliphatic rings. The van der Waals surface area contributed by atoms with E-state index in [0.717, 1.165) is 29.0 Å². The quantitative estimate of drug-likeness (QED) is 0.396. The number of carbonyl (C=O) groups is 1. The van der Waals surface area contributed by atoms with Gasteiger partial charge in [-0.15, -0.1) is 0 Å². The third-order valence-corrected chi connectivity index (χ3v) is 5.46. The average molecular weight is 444 g/mol. The van der Waals surface area contributed by atoms with Crippen molar-refractivity contribution in [2.24, 2.45) is 5.92 Å². The van der Waals surface area contributed by atoms with Crippen molar-refractivity contribution in [3.63, 3.8) is 0 Å². The van der Waals surface area contributed by atoms with Crippen molar-refractivity contribution in [2.45, 2.75) is 46.1 Å². The Morgan fingerprint density at radius 1 is 1.06 bits per heavy atom. The largest absolute Gasteiger partial charge is 0.441 e. The summed E-state index contributed by atoms with van der Waals surface area (Å²) in [7, 11) is 0. The highest BCUT2D eigenvalue weighted by Crippen LogP contribution is 2.22. The molecule has 1 amide bonds. The first-order valence-electron chi connectivity index (χ1n) is 11.3. The smallest absolute Gasteiger partial charge is 0.220 e. The fourth-order valence-corrected chi connectivity index (χ4v) is 3.71. The third-order valence-electron chi connectivity index (χ3n) is 5.46. The highest BCUT2D eigenvalue weighted by Gasteiger charge is 2.13. The molecule has 0 spiro atoms. The molecule has 0 aliphatic carbocycles. The topological polar surface area (TPSA) is 85.8 Å². The van der Waals surface area contributed by atoms with Crippen molar-refractivity contribution in [1.82, 2.24) is 25.1 Å². The number of aromatic nitrogens is 4. The predicted molar refractivity (Wildman–Crippen MR) is 127 cm³/mol. The van der Waals surface area contributed by atoms with Crippen LogP contribution in [0.2, 0.25) is 0 Å². The Bertz CT molecular complexity index is 1160. The van der Waals surface area contributed by atoms with Crippen LogP contribution in [0.15, 0.2) is 71.8 Å². The van der Waals surface area contributed by atoms with E-state index in [1.807, 2.05) is 31.2 Å². The molecule has 33 heavy (non-hydrogen) atoms. The fourth-order valence-electron chi connectivity index (χ4n) is 3.71. The summed E-state index contributed by atoms with van der Waals surface area (Å²) in [5.74, 6) is 1.87. The first-order valence-corrected chi connectivity index (χ1v) is 11.3. The van der Waals surface area contributed by atoms with Crippen LogP contribution in [0, 0.1) is 5.92 Å². The lowest BCUT2D eigenvalue weighted by atomic mass is 10.0. The summed E-state index contributed by atoms with van der Waals surface area (Å²) in [6.45, 7) is 6.39. The van der Waals surface area contributed by atoms with E-state index in [4.69, 9.17) is 4.42 Å². The van der Waals surface area contributed by atoms with Gasteiger partial charge in [0.1, 0.15) is 12.7 Å². The van der Waals surface area contributed by atoms with E-state index in [9.17, 15) is 4.79 Å². The van der Waals surface area contributed by atoms with Crippen LogP contribution in [0.3, 0.4) is 0 Å². The van der Waals surface area contributed by atoms with E-state index in [0.29, 0.717) is 24.7 Å². The molecule has 4 rings (SSSR count). The highest BCUT2D eigenvalue weighted by molar-refractivity contribution is 5.76. The molecule has 170 valence electrons. The van der Waals surface area contributed by atoms with Crippen LogP contribution in [0.25, 0.3) is 17.0 Å². The minimum Gasteiger partial charge on any atom is -0.441 e. The van der Waals surface area contributed by atoms with Gasteiger partial charge >= 0.3 is 0 Å². The van der Waals surface area contributed by atoms with Crippen molar-refractivity contribution in [2.75, 3.05) is 0 Å². The van der Waals surface area contributed by atoms with E-state index in [1.165, 1.54) is 11.9 Å².